The highest BCUT2D eigenvalue weighted by molar-refractivity contribution is 5.84. The number of amides is 2. The normalized spacial score (nSPS) is 14.7. The SMILES string of the molecule is CC(=O)N1CCN(c2ccc3ncn(CC(=O)CC(CC(=O)N(C)C)c4ccc(C(F)(F)F)cc4)c(=O)c3c2)CC1. The monoisotopic (exact) mass is 571 g/mol. The molecule has 1 fully saturated rings. The number of alkyl halides is 3. The molecule has 1 aliphatic heterocycles. The molecular formula is C29H32F3N5O4. The standard InChI is InChI=1S/C29H32F3N5O4/c1-19(38)35-10-12-36(13-11-35)23-8-9-26-25(16-23)28(41)37(18-33-26)17-24(39)14-21(15-27(40)34(2)3)20-4-6-22(7-5-20)29(30,31)32/h4-9,16,18,21H,10-15,17H2,1-3H3. The fraction of sp³-hybridized carbons (Fsp3) is 0.414. The van der Waals surface area contributed by atoms with Crippen LogP contribution in [0.3, 0.4) is 0 Å². The molecule has 41 heavy (non-hydrogen) atoms. The minimum absolute atomic E-state index is 0.0200. The number of carbonyl (C=O) groups excluding carboxylic acids is 3. The molecule has 0 saturated carbocycles. The van der Waals surface area contributed by atoms with E-state index in [0.29, 0.717) is 42.6 Å². The molecule has 3 aromatic rings. The second-order valence-electron chi connectivity index (χ2n) is 10.4. The Morgan fingerprint density at radius 2 is 1.63 bits per heavy atom. The van der Waals surface area contributed by atoms with Crippen LogP contribution in [0.15, 0.2) is 53.6 Å². The van der Waals surface area contributed by atoms with Crippen LogP contribution in [0.5, 0.6) is 0 Å². The van der Waals surface area contributed by atoms with Gasteiger partial charge in [-0.05, 0) is 41.8 Å². The van der Waals surface area contributed by atoms with Gasteiger partial charge in [0.25, 0.3) is 5.56 Å². The molecule has 0 radical (unpaired) electrons. The average molecular weight is 572 g/mol. The first-order valence-corrected chi connectivity index (χ1v) is 13.2. The smallest absolute Gasteiger partial charge is 0.368 e. The number of hydrogen-bond acceptors (Lipinski definition) is 6. The molecule has 1 aliphatic rings. The van der Waals surface area contributed by atoms with E-state index in [0.717, 1.165) is 17.8 Å². The van der Waals surface area contributed by atoms with Gasteiger partial charge in [0.1, 0.15) is 0 Å². The number of Topliss-reactive ketones (excluding diaryl/α,β-unsaturated/α-hetero) is 1. The number of fused-ring (bicyclic) bond motifs is 1. The predicted octanol–water partition coefficient (Wildman–Crippen LogP) is 3.31. The van der Waals surface area contributed by atoms with Crippen molar-refractivity contribution in [1.82, 2.24) is 19.4 Å². The minimum Gasteiger partial charge on any atom is -0.368 e. The van der Waals surface area contributed by atoms with Crippen molar-refractivity contribution in [3.8, 4) is 0 Å². The number of benzene rings is 2. The first kappa shape index (κ1) is 29.8. The van der Waals surface area contributed by atoms with E-state index < -0.39 is 23.2 Å². The molecule has 2 amide bonds. The van der Waals surface area contributed by atoms with Crippen molar-refractivity contribution in [3.05, 3.63) is 70.3 Å². The van der Waals surface area contributed by atoms with Crippen LogP contribution in [0.4, 0.5) is 18.9 Å². The van der Waals surface area contributed by atoms with E-state index in [2.05, 4.69) is 9.88 Å². The number of nitrogens with zero attached hydrogens (tertiary/aromatic N) is 5. The highest BCUT2D eigenvalue weighted by atomic mass is 19.4. The quantitative estimate of drug-likeness (QED) is 0.412. The van der Waals surface area contributed by atoms with Crippen molar-refractivity contribution in [2.24, 2.45) is 0 Å². The molecule has 1 atom stereocenters. The topological polar surface area (TPSA) is 95.8 Å². The maximum absolute atomic E-state index is 13.3. The van der Waals surface area contributed by atoms with Crippen LogP contribution >= 0.6 is 0 Å². The Labute approximate surface area is 235 Å². The van der Waals surface area contributed by atoms with Crippen LogP contribution in [-0.4, -0.2) is 77.2 Å². The highest BCUT2D eigenvalue weighted by Crippen LogP contribution is 2.32. The van der Waals surface area contributed by atoms with Crippen LogP contribution in [0.25, 0.3) is 10.9 Å². The second-order valence-corrected chi connectivity index (χ2v) is 10.4. The van der Waals surface area contributed by atoms with Gasteiger partial charge in [-0.3, -0.25) is 23.7 Å². The van der Waals surface area contributed by atoms with E-state index in [9.17, 15) is 32.3 Å². The lowest BCUT2D eigenvalue weighted by Gasteiger charge is -2.35. The number of anilines is 1. The Kier molecular flexibility index (Phi) is 8.79. The molecular weight excluding hydrogens is 539 g/mol. The van der Waals surface area contributed by atoms with Crippen molar-refractivity contribution < 1.29 is 27.6 Å². The molecule has 1 saturated heterocycles. The van der Waals surface area contributed by atoms with Gasteiger partial charge in [-0.25, -0.2) is 4.98 Å². The van der Waals surface area contributed by atoms with Crippen LogP contribution in [0.2, 0.25) is 0 Å². The number of rotatable bonds is 8. The summed E-state index contributed by atoms with van der Waals surface area (Å²) in [4.78, 5) is 60.1. The van der Waals surface area contributed by atoms with Crippen molar-refractivity contribution >= 4 is 34.2 Å². The Balaban J connectivity index is 1.53. The van der Waals surface area contributed by atoms with E-state index in [1.807, 2.05) is 6.07 Å². The summed E-state index contributed by atoms with van der Waals surface area (Å²) in [6.45, 7) is 3.64. The van der Waals surface area contributed by atoms with E-state index in [-0.39, 0.29) is 37.0 Å². The molecule has 1 unspecified atom stereocenters. The van der Waals surface area contributed by atoms with Gasteiger partial charge in [-0.2, -0.15) is 13.2 Å². The molecule has 0 bridgehead atoms. The summed E-state index contributed by atoms with van der Waals surface area (Å²) in [7, 11) is 3.12. The Morgan fingerprint density at radius 3 is 2.22 bits per heavy atom. The molecule has 1 aromatic heterocycles. The van der Waals surface area contributed by atoms with Crippen molar-refractivity contribution in [2.75, 3.05) is 45.2 Å². The van der Waals surface area contributed by atoms with Crippen molar-refractivity contribution in [3.63, 3.8) is 0 Å². The summed E-state index contributed by atoms with van der Waals surface area (Å²) >= 11 is 0. The number of hydrogen-bond donors (Lipinski definition) is 0. The largest absolute Gasteiger partial charge is 0.416 e. The number of piperazine rings is 1. The Hall–Kier alpha value is -4.22. The zero-order valence-electron chi connectivity index (χ0n) is 23.1. The summed E-state index contributed by atoms with van der Waals surface area (Å²) in [5.74, 6) is -1.28. The van der Waals surface area contributed by atoms with Gasteiger partial charge < -0.3 is 14.7 Å². The van der Waals surface area contributed by atoms with E-state index in [1.54, 1.807) is 31.1 Å². The molecule has 2 aromatic carbocycles. The summed E-state index contributed by atoms with van der Waals surface area (Å²) in [6.07, 6.45) is -3.42. The molecule has 218 valence electrons. The van der Waals surface area contributed by atoms with Crippen LogP contribution in [0, 0.1) is 0 Å². The highest BCUT2D eigenvalue weighted by Gasteiger charge is 2.31. The zero-order chi connectivity index (χ0) is 29.9. The Bertz CT molecular complexity index is 1490. The number of carbonyl (C=O) groups is 3. The maximum Gasteiger partial charge on any atom is 0.416 e. The number of aromatic nitrogens is 2. The molecule has 2 heterocycles. The lowest BCUT2D eigenvalue weighted by molar-refractivity contribution is -0.137. The third-order valence-electron chi connectivity index (χ3n) is 7.35. The van der Waals surface area contributed by atoms with Gasteiger partial charge in [0, 0.05) is 65.7 Å². The zero-order valence-corrected chi connectivity index (χ0v) is 23.1. The van der Waals surface area contributed by atoms with Crippen LogP contribution in [0.1, 0.15) is 36.8 Å². The third-order valence-corrected chi connectivity index (χ3v) is 7.35. The van der Waals surface area contributed by atoms with Crippen molar-refractivity contribution in [2.45, 2.75) is 38.4 Å². The van der Waals surface area contributed by atoms with Gasteiger partial charge in [-0.15, -0.1) is 0 Å². The van der Waals surface area contributed by atoms with Gasteiger partial charge in [-0.1, -0.05) is 12.1 Å². The maximum atomic E-state index is 13.3. The average Bonchev–Trinajstić information content (AvgIpc) is 2.93. The molecule has 4 rings (SSSR count). The van der Waals surface area contributed by atoms with Gasteiger partial charge in [0.15, 0.2) is 5.78 Å². The van der Waals surface area contributed by atoms with Crippen LogP contribution < -0.4 is 10.5 Å². The van der Waals surface area contributed by atoms with E-state index in [1.165, 1.54) is 34.9 Å². The van der Waals surface area contributed by atoms with E-state index in [4.69, 9.17) is 0 Å². The molecule has 0 N–H and O–H groups in total. The molecule has 12 heteroatoms. The van der Waals surface area contributed by atoms with Gasteiger partial charge >= 0.3 is 6.18 Å². The molecule has 0 aliphatic carbocycles. The fourth-order valence-corrected chi connectivity index (χ4v) is 4.91. The second kappa shape index (κ2) is 12.1. The summed E-state index contributed by atoms with van der Waals surface area (Å²) < 4.78 is 40.3. The number of ketones is 1. The van der Waals surface area contributed by atoms with Gasteiger partial charge in [0.2, 0.25) is 11.8 Å². The van der Waals surface area contributed by atoms with Crippen molar-refractivity contribution in [1.29, 1.82) is 0 Å². The van der Waals surface area contributed by atoms with Crippen LogP contribution in [-0.2, 0) is 27.1 Å². The first-order chi connectivity index (χ1) is 19.3. The lowest BCUT2D eigenvalue weighted by Crippen LogP contribution is -2.48. The fourth-order valence-electron chi connectivity index (χ4n) is 4.91. The minimum atomic E-state index is -4.50. The third kappa shape index (κ3) is 7.11. The molecule has 9 nitrogen and oxygen atoms in total. The Morgan fingerprint density at radius 1 is 0.976 bits per heavy atom. The first-order valence-electron chi connectivity index (χ1n) is 13.2. The summed E-state index contributed by atoms with van der Waals surface area (Å²) in [5, 5.41) is 0.342. The lowest BCUT2D eigenvalue weighted by atomic mass is 9.89. The van der Waals surface area contributed by atoms with Gasteiger partial charge in [0.05, 0.1) is 29.3 Å². The summed E-state index contributed by atoms with van der Waals surface area (Å²) in [6, 6.07) is 9.77. The number of halogens is 3. The van der Waals surface area contributed by atoms with E-state index >= 15 is 0 Å². The summed E-state index contributed by atoms with van der Waals surface area (Å²) in [5.41, 5.74) is 0.500. The molecule has 0 spiro atoms. The predicted molar refractivity (Wildman–Crippen MR) is 148 cm³/mol.